The van der Waals surface area contributed by atoms with Gasteiger partial charge in [-0.1, -0.05) is 18.2 Å². The van der Waals surface area contributed by atoms with Crippen molar-refractivity contribution in [1.29, 1.82) is 0 Å². The first kappa shape index (κ1) is 24.5. The lowest BCUT2D eigenvalue weighted by molar-refractivity contribution is -0.143. The van der Waals surface area contributed by atoms with Gasteiger partial charge in [0.15, 0.2) is 11.5 Å². The summed E-state index contributed by atoms with van der Waals surface area (Å²) in [7, 11) is 2.91. The maximum atomic E-state index is 13.4. The zero-order valence-corrected chi connectivity index (χ0v) is 17.9. The lowest BCUT2D eigenvalue weighted by Gasteiger charge is -2.18. The number of aliphatic imine (C=N–C) groups is 1. The fraction of sp³-hybridized carbons (Fsp3) is 0.238. The molecule has 33 heavy (non-hydrogen) atoms. The van der Waals surface area contributed by atoms with Crippen molar-refractivity contribution in [3.63, 3.8) is 0 Å². The average molecular weight is 490 g/mol. The minimum Gasteiger partial charge on any atom is -0.492 e. The first-order chi connectivity index (χ1) is 15.4. The highest BCUT2D eigenvalue weighted by atomic mass is 32.2. The number of ether oxygens (including phenoxy) is 2. The Balaban J connectivity index is 1.92. The van der Waals surface area contributed by atoms with Crippen LogP contribution in [-0.2, 0) is 19.0 Å². The molecule has 0 fully saturated rings. The van der Waals surface area contributed by atoms with E-state index in [-0.39, 0.29) is 17.6 Å². The largest absolute Gasteiger partial charge is 0.492 e. The number of amides is 1. The number of amidine groups is 1. The van der Waals surface area contributed by atoms with Crippen LogP contribution in [0.4, 0.5) is 31.1 Å². The number of hydrogen-bond acceptors (Lipinski definition) is 5. The predicted octanol–water partition coefficient (Wildman–Crippen LogP) is 6.14. The molecule has 2 aromatic carbocycles. The Morgan fingerprint density at radius 2 is 1.82 bits per heavy atom. The van der Waals surface area contributed by atoms with E-state index in [1.54, 1.807) is 25.3 Å². The van der Waals surface area contributed by atoms with Gasteiger partial charge >= 0.3 is 17.6 Å². The van der Waals surface area contributed by atoms with Gasteiger partial charge in [-0.25, -0.2) is 0 Å². The van der Waals surface area contributed by atoms with Crippen LogP contribution in [0.25, 0.3) is 6.08 Å². The molecule has 1 aliphatic rings. The van der Waals surface area contributed by atoms with E-state index in [0.717, 1.165) is 17.8 Å². The van der Waals surface area contributed by atoms with Gasteiger partial charge in [-0.3, -0.25) is 4.79 Å². The fourth-order valence-corrected chi connectivity index (χ4v) is 3.76. The van der Waals surface area contributed by atoms with Gasteiger partial charge in [0, 0.05) is 18.2 Å². The third kappa shape index (κ3) is 5.62. The number of rotatable bonds is 5. The van der Waals surface area contributed by atoms with Crippen molar-refractivity contribution < 1.29 is 40.6 Å². The Morgan fingerprint density at radius 1 is 1.09 bits per heavy atom. The second-order valence-electron chi connectivity index (χ2n) is 6.62. The van der Waals surface area contributed by atoms with Crippen molar-refractivity contribution >= 4 is 28.9 Å². The summed E-state index contributed by atoms with van der Waals surface area (Å²) in [4.78, 5) is 15.9. The first-order valence-corrected chi connectivity index (χ1v) is 10.0. The Morgan fingerprint density at radius 3 is 2.42 bits per heavy atom. The quantitative estimate of drug-likeness (QED) is 0.511. The van der Waals surface area contributed by atoms with E-state index in [1.165, 1.54) is 13.2 Å². The molecular formula is C21H16F6N2O3S. The molecule has 0 aromatic heterocycles. The van der Waals surface area contributed by atoms with Crippen molar-refractivity contribution in [2.45, 2.75) is 19.0 Å². The first-order valence-electron chi connectivity index (χ1n) is 9.21. The Labute approximate surface area is 188 Å². The van der Waals surface area contributed by atoms with Crippen LogP contribution in [-0.4, -0.2) is 25.2 Å². The zero-order chi connectivity index (χ0) is 24.4. The summed E-state index contributed by atoms with van der Waals surface area (Å²) in [5.41, 5.74) is -2.86. The molecule has 1 N–H and O–H groups in total. The van der Waals surface area contributed by atoms with Crippen LogP contribution in [0.15, 0.2) is 46.3 Å². The summed E-state index contributed by atoms with van der Waals surface area (Å²) >= 11 is 0.879. The fourth-order valence-electron chi connectivity index (χ4n) is 3.01. The molecular weight excluding hydrogens is 474 g/mol. The highest BCUT2D eigenvalue weighted by Crippen LogP contribution is 2.39. The molecule has 0 atom stereocenters. The molecule has 0 saturated carbocycles. The van der Waals surface area contributed by atoms with Crippen LogP contribution in [0.3, 0.4) is 0 Å². The molecule has 0 unspecified atom stereocenters. The Kier molecular flexibility index (Phi) is 6.96. The van der Waals surface area contributed by atoms with Crippen molar-refractivity contribution in [3.05, 3.63) is 63.6 Å². The van der Waals surface area contributed by atoms with Gasteiger partial charge in [-0.15, -0.1) is 0 Å². The van der Waals surface area contributed by atoms with Crippen LogP contribution in [0.5, 0.6) is 11.5 Å². The van der Waals surface area contributed by atoms with E-state index >= 15 is 0 Å². The van der Waals surface area contributed by atoms with Gasteiger partial charge in [0.2, 0.25) is 0 Å². The van der Waals surface area contributed by atoms with Gasteiger partial charge in [0.1, 0.15) is 12.4 Å². The molecule has 1 amide bonds. The number of methoxy groups -OCH3 is 1. The van der Waals surface area contributed by atoms with Crippen LogP contribution in [0.1, 0.15) is 22.3 Å². The number of nitrogens with one attached hydrogen (secondary N) is 1. The topological polar surface area (TPSA) is 59.9 Å². The van der Waals surface area contributed by atoms with Gasteiger partial charge < -0.3 is 14.8 Å². The second kappa shape index (κ2) is 9.38. The standard InChI is InChI=1S/C21H16F6N2O3S/c1-28-18-16(33-19(30)29-18)8-11-4-3-5-15(17(11)31-2)32-10-12-6-7-13(20(22,23)24)9-14(12)21(25,26)27/h3-9H,10H2,1-2H3,(H,28,29,30). The predicted molar refractivity (Wildman–Crippen MR) is 111 cm³/mol. The Hall–Kier alpha value is -3.15. The van der Waals surface area contributed by atoms with Crippen LogP contribution < -0.4 is 14.8 Å². The average Bonchev–Trinajstić information content (AvgIpc) is 3.10. The number of thioether (sulfide) groups is 1. The van der Waals surface area contributed by atoms with Gasteiger partial charge in [0.25, 0.3) is 0 Å². The zero-order valence-electron chi connectivity index (χ0n) is 17.1. The van der Waals surface area contributed by atoms with E-state index in [4.69, 9.17) is 9.47 Å². The molecule has 0 saturated heterocycles. The molecule has 176 valence electrons. The number of likely N-dealkylation sites (N-methyl/N-ethyl adjacent to an activating group) is 1. The number of carbonyl (C=O) groups excluding carboxylic acids is 1. The monoisotopic (exact) mass is 490 g/mol. The highest BCUT2D eigenvalue weighted by molar-refractivity contribution is 8.18. The third-order valence-electron chi connectivity index (χ3n) is 4.50. The smallest absolute Gasteiger partial charge is 0.416 e. The number of para-hydroxylation sites is 1. The van der Waals surface area contributed by atoms with Gasteiger partial charge in [-0.05, 0) is 36.0 Å². The number of carbonyl (C=O) groups is 1. The van der Waals surface area contributed by atoms with Crippen molar-refractivity contribution in [3.8, 4) is 11.5 Å². The number of alkyl halides is 6. The minimum absolute atomic E-state index is 0.0592. The van der Waals surface area contributed by atoms with E-state index in [2.05, 4.69) is 10.3 Å². The molecule has 5 nitrogen and oxygen atoms in total. The van der Waals surface area contributed by atoms with Crippen molar-refractivity contribution in [1.82, 2.24) is 5.32 Å². The maximum Gasteiger partial charge on any atom is 0.416 e. The maximum absolute atomic E-state index is 13.4. The van der Waals surface area contributed by atoms with Crippen LogP contribution in [0.2, 0.25) is 0 Å². The molecule has 0 radical (unpaired) electrons. The van der Waals surface area contributed by atoms with E-state index in [1.807, 2.05) is 0 Å². The molecule has 0 spiro atoms. The third-order valence-corrected chi connectivity index (χ3v) is 5.29. The lowest BCUT2D eigenvalue weighted by atomic mass is 10.0. The summed E-state index contributed by atoms with van der Waals surface area (Å²) < 4.78 is 89.6. The molecule has 3 rings (SSSR count). The highest BCUT2D eigenvalue weighted by Gasteiger charge is 2.38. The summed E-state index contributed by atoms with van der Waals surface area (Å²) in [5, 5.41) is 2.36. The minimum atomic E-state index is -5.01. The number of hydrogen-bond donors (Lipinski definition) is 1. The number of halogens is 6. The van der Waals surface area contributed by atoms with E-state index in [0.29, 0.717) is 22.4 Å². The van der Waals surface area contributed by atoms with Crippen LogP contribution >= 0.6 is 11.8 Å². The van der Waals surface area contributed by atoms with Gasteiger partial charge in [-0.2, -0.15) is 31.3 Å². The van der Waals surface area contributed by atoms with Gasteiger partial charge in [0.05, 0.1) is 23.1 Å². The molecule has 1 heterocycles. The molecule has 0 aliphatic carbocycles. The SMILES string of the molecule is CNC1=NC(=O)SC1=Cc1cccc(OCc2ccc(C(F)(F)F)cc2C(F)(F)F)c1OC. The van der Waals surface area contributed by atoms with E-state index < -0.39 is 40.9 Å². The number of nitrogens with zero attached hydrogens (tertiary/aromatic N) is 1. The summed E-state index contributed by atoms with van der Waals surface area (Å²) in [5.74, 6) is 0.580. The molecule has 0 bridgehead atoms. The summed E-state index contributed by atoms with van der Waals surface area (Å²) in [6.45, 7) is -0.653. The summed E-state index contributed by atoms with van der Waals surface area (Å²) in [6.07, 6.45) is -8.33. The van der Waals surface area contributed by atoms with E-state index in [9.17, 15) is 31.1 Å². The van der Waals surface area contributed by atoms with Crippen molar-refractivity contribution in [2.24, 2.45) is 4.99 Å². The summed E-state index contributed by atoms with van der Waals surface area (Å²) in [6, 6.07) is 6.00. The van der Waals surface area contributed by atoms with Crippen molar-refractivity contribution in [2.75, 3.05) is 14.2 Å². The molecule has 12 heteroatoms. The molecule has 1 aliphatic heterocycles. The second-order valence-corrected chi connectivity index (χ2v) is 7.61. The normalized spacial score (nSPS) is 15.6. The number of benzene rings is 2. The van der Waals surface area contributed by atoms with Crippen LogP contribution in [0, 0.1) is 0 Å². The lowest BCUT2D eigenvalue weighted by Crippen LogP contribution is -2.16. The molecule has 2 aromatic rings. The Bertz CT molecular complexity index is 1130.